The largest absolute Gasteiger partial charge is 0.354 e. The van der Waals surface area contributed by atoms with Gasteiger partial charge in [0.25, 0.3) is 10.0 Å². The molecule has 1 aromatic heterocycles. The summed E-state index contributed by atoms with van der Waals surface area (Å²) in [5.41, 5.74) is 4.34. The van der Waals surface area contributed by atoms with E-state index >= 15 is 0 Å². The summed E-state index contributed by atoms with van der Waals surface area (Å²) in [7, 11) is -3.84. The van der Waals surface area contributed by atoms with Crippen LogP contribution in [0.5, 0.6) is 0 Å². The molecule has 0 amide bonds. The van der Waals surface area contributed by atoms with Crippen LogP contribution in [0.1, 0.15) is 16.7 Å². The van der Waals surface area contributed by atoms with Gasteiger partial charge in [-0.25, -0.2) is 17.8 Å². The summed E-state index contributed by atoms with van der Waals surface area (Å²) in [6, 6.07) is 12.8. The number of nitrogens with one attached hydrogen (secondary N) is 2. The number of pyridine rings is 1. The van der Waals surface area contributed by atoms with Crippen LogP contribution in [0, 0.1) is 26.6 Å². The second-order valence-electron chi connectivity index (χ2n) is 6.32. The van der Waals surface area contributed by atoms with Crippen LogP contribution in [-0.2, 0) is 10.0 Å². The Bertz CT molecular complexity index is 1080. The molecule has 5 nitrogen and oxygen atoms in total. The van der Waals surface area contributed by atoms with E-state index in [2.05, 4.69) is 15.0 Å². The van der Waals surface area contributed by atoms with Crippen LogP contribution < -0.4 is 10.0 Å². The quantitative estimate of drug-likeness (QED) is 0.668. The molecule has 0 saturated heterocycles. The van der Waals surface area contributed by atoms with Crippen molar-refractivity contribution in [2.45, 2.75) is 25.7 Å². The third-order valence-electron chi connectivity index (χ3n) is 4.31. The monoisotopic (exact) mass is 385 g/mol. The van der Waals surface area contributed by atoms with Crippen LogP contribution >= 0.6 is 0 Å². The van der Waals surface area contributed by atoms with Gasteiger partial charge in [-0.1, -0.05) is 12.1 Å². The second kappa shape index (κ2) is 7.36. The van der Waals surface area contributed by atoms with Gasteiger partial charge >= 0.3 is 0 Å². The fraction of sp³-hybridized carbons (Fsp3) is 0.150. The van der Waals surface area contributed by atoms with E-state index in [-0.39, 0.29) is 10.7 Å². The van der Waals surface area contributed by atoms with Crippen molar-refractivity contribution in [1.82, 2.24) is 4.98 Å². The minimum atomic E-state index is -3.84. The van der Waals surface area contributed by atoms with E-state index in [1.807, 2.05) is 32.0 Å². The predicted molar refractivity (Wildman–Crippen MR) is 105 cm³/mol. The Morgan fingerprint density at radius 2 is 1.74 bits per heavy atom. The number of anilines is 3. The first kappa shape index (κ1) is 18.8. The number of benzene rings is 2. The fourth-order valence-electron chi connectivity index (χ4n) is 2.68. The first-order valence-electron chi connectivity index (χ1n) is 8.34. The smallest absolute Gasteiger partial charge is 0.263 e. The van der Waals surface area contributed by atoms with Crippen LogP contribution in [0.25, 0.3) is 0 Å². The zero-order valence-electron chi connectivity index (χ0n) is 15.2. The van der Waals surface area contributed by atoms with Crippen molar-refractivity contribution in [3.63, 3.8) is 0 Å². The van der Waals surface area contributed by atoms with Crippen molar-refractivity contribution in [3.8, 4) is 0 Å². The molecule has 27 heavy (non-hydrogen) atoms. The highest BCUT2D eigenvalue weighted by molar-refractivity contribution is 7.92. The summed E-state index contributed by atoms with van der Waals surface area (Å²) >= 11 is 0. The molecule has 0 spiro atoms. The lowest BCUT2D eigenvalue weighted by Crippen LogP contribution is -2.15. The van der Waals surface area contributed by atoms with Gasteiger partial charge in [-0.2, -0.15) is 0 Å². The molecule has 0 fully saturated rings. The Labute approximate surface area is 158 Å². The van der Waals surface area contributed by atoms with Crippen LogP contribution in [-0.4, -0.2) is 13.4 Å². The molecule has 0 radical (unpaired) electrons. The van der Waals surface area contributed by atoms with E-state index in [0.717, 1.165) is 23.0 Å². The van der Waals surface area contributed by atoms with Gasteiger partial charge in [0.15, 0.2) is 0 Å². The summed E-state index contributed by atoms with van der Waals surface area (Å²) in [5, 5.41) is 3.27. The number of rotatable bonds is 5. The zero-order chi connectivity index (χ0) is 19.6. The number of hydrogen-bond acceptors (Lipinski definition) is 4. The molecule has 7 heteroatoms. The van der Waals surface area contributed by atoms with Gasteiger partial charge in [0, 0.05) is 5.69 Å². The second-order valence-corrected chi connectivity index (χ2v) is 7.97. The first-order valence-corrected chi connectivity index (χ1v) is 9.83. The molecule has 0 aliphatic rings. The average molecular weight is 385 g/mol. The predicted octanol–water partition coefficient (Wildman–Crippen LogP) is 4.69. The summed E-state index contributed by atoms with van der Waals surface area (Å²) in [5.74, 6) is -0.295. The average Bonchev–Trinajstić information content (AvgIpc) is 2.60. The van der Waals surface area contributed by atoms with Crippen molar-refractivity contribution in [2.75, 3.05) is 10.0 Å². The minimum absolute atomic E-state index is 0.0169. The lowest BCUT2D eigenvalue weighted by molar-refractivity contribution is 0.598. The normalized spacial score (nSPS) is 11.3. The van der Waals surface area contributed by atoms with Gasteiger partial charge < -0.3 is 5.32 Å². The van der Waals surface area contributed by atoms with Crippen LogP contribution in [0.3, 0.4) is 0 Å². The first-order chi connectivity index (χ1) is 12.8. The maximum atomic E-state index is 13.2. The zero-order valence-corrected chi connectivity index (χ0v) is 16.1. The highest BCUT2D eigenvalue weighted by Crippen LogP contribution is 2.24. The Hall–Kier alpha value is -2.93. The summed E-state index contributed by atoms with van der Waals surface area (Å²) in [6.07, 6.45) is 1.55. The number of aromatic nitrogens is 1. The van der Waals surface area contributed by atoms with Gasteiger partial charge in [0.1, 0.15) is 11.6 Å². The van der Waals surface area contributed by atoms with E-state index in [9.17, 15) is 12.8 Å². The fourth-order valence-corrected chi connectivity index (χ4v) is 3.91. The number of sulfonamides is 1. The van der Waals surface area contributed by atoms with Crippen LogP contribution in [0.4, 0.5) is 21.6 Å². The van der Waals surface area contributed by atoms with E-state index < -0.39 is 15.8 Å². The third kappa shape index (κ3) is 4.25. The molecule has 0 saturated carbocycles. The number of halogens is 1. The van der Waals surface area contributed by atoms with Crippen molar-refractivity contribution >= 4 is 27.2 Å². The van der Waals surface area contributed by atoms with E-state index in [0.29, 0.717) is 5.56 Å². The molecule has 0 bridgehead atoms. The molecule has 3 aromatic rings. The Morgan fingerprint density at radius 1 is 0.963 bits per heavy atom. The van der Waals surface area contributed by atoms with Crippen LogP contribution in [0.15, 0.2) is 59.6 Å². The summed E-state index contributed by atoms with van der Waals surface area (Å²) < 4.78 is 40.6. The van der Waals surface area contributed by atoms with Gasteiger partial charge in [-0.15, -0.1) is 0 Å². The minimum Gasteiger partial charge on any atom is -0.354 e. The van der Waals surface area contributed by atoms with E-state index in [4.69, 9.17) is 0 Å². The van der Waals surface area contributed by atoms with Gasteiger partial charge in [0.2, 0.25) is 0 Å². The molecule has 0 aliphatic carbocycles. The summed E-state index contributed by atoms with van der Waals surface area (Å²) in [4.78, 5) is 4.17. The van der Waals surface area contributed by atoms with E-state index in [1.165, 1.54) is 17.7 Å². The molecular formula is C20H20FN3O2S. The number of nitrogens with zero attached hydrogens (tertiary/aromatic N) is 1. The van der Waals surface area contributed by atoms with Gasteiger partial charge in [-0.3, -0.25) is 4.72 Å². The molecule has 0 unspecified atom stereocenters. The third-order valence-corrected chi connectivity index (χ3v) is 5.83. The maximum Gasteiger partial charge on any atom is 0.263 e. The van der Waals surface area contributed by atoms with Gasteiger partial charge in [0.05, 0.1) is 16.8 Å². The lowest BCUT2D eigenvalue weighted by Gasteiger charge is -2.12. The SMILES string of the molecule is Cc1cc(F)ccc1S(=O)(=O)Nc1ccc(Nc2cccc(C)c2C)cn1. The maximum absolute atomic E-state index is 13.2. The number of hydrogen-bond donors (Lipinski definition) is 2. The van der Waals surface area contributed by atoms with Crippen LogP contribution in [0.2, 0.25) is 0 Å². The molecular weight excluding hydrogens is 365 g/mol. The highest BCUT2D eigenvalue weighted by Gasteiger charge is 2.18. The van der Waals surface area contributed by atoms with Crippen molar-refractivity contribution < 1.29 is 12.8 Å². The Kier molecular flexibility index (Phi) is 5.14. The lowest BCUT2D eigenvalue weighted by atomic mass is 10.1. The van der Waals surface area contributed by atoms with Crippen molar-refractivity contribution in [1.29, 1.82) is 0 Å². The molecule has 0 aliphatic heterocycles. The highest BCUT2D eigenvalue weighted by atomic mass is 32.2. The Balaban J connectivity index is 1.78. The molecule has 3 rings (SSSR count). The van der Waals surface area contributed by atoms with Crippen molar-refractivity contribution in [3.05, 3.63) is 77.2 Å². The molecule has 2 aromatic carbocycles. The molecule has 2 N–H and O–H groups in total. The molecule has 0 atom stereocenters. The Morgan fingerprint density at radius 3 is 2.41 bits per heavy atom. The number of aryl methyl sites for hydroxylation is 2. The van der Waals surface area contributed by atoms with Crippen molar-refractivity contribution in [2.24, 2.45) is 0 Å². The molecule has 1 heterocycles. The standard InChI is InChI=1S/C20H20FN3O2S/c1-13-5-4-6-18(15(13)3)23-17-8-10-20(22-12-17)24-27(25,26)19-9-7-16(21)11-14(19)2/h4-12,23H,1-3H3,(H,22,24). The molecule has 140 valence electrons. The summed E-state index contributed by atoms with van der Waals surface area (Å²) in [6.45, 7) is 5.61. The topological polar surface area (TPSA) is 71.1 Å². The van der Waals surface area contributed by atoms with Gasteiger partial charge in [-0.05, 0) is 73.9 Å². The van der Waals surface area contributed by atoms with E-state index in [1.54, 1.807) is 25.3 Å².